The number of carbonyl (C=O) groups is 3. The average molecular weight is 909 g/mol. The predicted octanol–water partition coefficient (Wildman–Crippen LogP) is 18.4. The van der Waals surface area contributed by atoms with Crippen LogP contribution in [0.2, 0.25) is 0 Å². The lowest BCUT2D eigenvalue weighted by molar-refractivity contribution is -0.167. The molecule has 0 saturated carbocycles. The quantitative estimate of drug-likeness (QED) is 0.0262. The van der Waals surface area contributed by atoms with E-state index in [-0.39, 0.29) is 37.5 Å². The molecular formula is C59H104O6. The van der Waals surface area contributed by atoms with Gasteiger partial charge in [-0.3, -0.25) is 14.4 Å². The van der Waals surface area contributed by atoms with Gasteiger partial charge in [0.1, 0.15) is 13.2 Å². The molecule has 0 fully saturated rings. The first-order valence-corrected chi connectivity index (χ1v) is 27.8. The first-order valence-electron chi connectivity index (χ1n) is 27.8. The third kappa shape index (κ3) is 51.9. The highest BCUT2D eigenvalue weighted by molar-refractivity contribution is 5.71. The molecule has 0 rings (SSSR count). The number of hydrogen-bond acceptors (Lipinski definition) is 6. The zero-order valence-corrected chi connectivity index (χ0v) is 43.0. The van der Waals surface area contributed by atoms with E-state index in [0.29, 0.717) is 19.3 Å². The van der Waals surface area contributed by atoms with Crippen LogP contribution in [0.3, 0.4) is 0 Å². The molecule has 0 aromatic carbocycles. The molecule has 6 heteroatoms. The van der Waals surface area contributed by atoms with E-state index in [1.165, 1.54) is 154 Å². The fourth-order valence-corrected chi connectivity index (χ4v) is 7.78. The first kappa shape index (κ1) is 62.1. The van der Waals surface area contributed by atoms with Gasteiger partial charge in [-0.15, -0.1) is 0 Å². The highest BCUT2D eigenvalue weighted by Gasteiger charge is 2.19. The largest absolute Gasteiger partial charge is 0.462 e. The molecule has 0 aliphatic rings. The monoisotopic (exact) mass is 909 g/mol. The van der Waals surface area contributed by atoms with Crippen molar-refractivity contribution in [1.82, 2.24) is 0 Å². The number of ether oxygens (including phenoxy) is 3. The van der Waals surface area contributed by atoms with Crippen molar-refractivity contribution in [2.75, 3.05) is 13.2 Å². The van der Waals surface area contributed by atoms with E-state index in [1.807, 2.05) is 0 Å². The maximum atomic E-state index is 12.8. The van der Waals surface area contributed by atoms with Gasteiger partial charge in [-0.25, -0.2) is 0 Å². The molecule has 0 amide bonds. The maximum Gasteiger partial charge on any atom is 0.306 e. The summed E-state index contributed by atoms with van der Waals surface area (Å²) in [6, 6.07) is 0. The molecule has 0 N–H and O–H groups in total. The van der Waals surface area contributed by atoms with Gasteiger partial charge in [0.2, 0.25) is 0 Å². The first-order chi connectivity index (χ1) is 32.0. The summed E-state index contributed by atoms with van der Waals surface area (Å²) in [7, 11) is 0. The Kier molecular flexibility index (Phi) is 51.3. The summed E-state index contributed by atoms with van der Waals surface area (Å²) in [5.74, 6) is -0.959. The fourth-order valence-electron chi connectivity index (χ4n) is 7.78. The Morgan fingerprint density at radius 2 is 0.569 bits per heavy atom. The number of esters is 3. The van der Waals surface area contributed by atoms with Gasteiger partial charge < -0.3 is 14.2 Å². The number of rotatable bonds is 50. The van der Waals surface area contributed by atoms with E-state index in [0.717, 1.165) is 77.0 Å². The second kappa shape index (κ2) is 53.7. The van der Waals surface area contributed by atoms with Crippen molar-refractivity contribution in [2.24, 2.45) is 0 Å². The lowest BCUT2D eigenvalue weighted by Gasteiger charge is -2.18. The lowest BCUT2D eigenvalue weighted by Crippen LogP contribution is -2.30. The van der Waals surface area contributed by atoms with Gasteiger partial charge in [-0.05, 0) is 83.5 Å². The third-order valence-corrected chi connectivity index (χ3v) is 12.0. The summed E-state index contributed by atoms with van der Waals surface area (Å²) in [5, 5.41) is 0. The molecule has 0 aliphatic heterocycles. The van der Waals surface area contributed by atoms with Crippen LogP contribution >= 0.6 is 0 Å². The molecule has 0 heterocycles. The Morgan fingerprint density at radius 3 is 0.985 bits per heavy atom. The van der Waals surface area contributed by atoms with E-state index in [1.54, 1.807) is 0 Å². The number of hydrogen-bond donors (Lipinski definition) is 0. The van der Waals surface area contributed by atoms with Gasteiger partial charge in [0.05, 0.1) is 0 Å². The topological polar surface area (TPSA) is 78.9 Å². The standard InChI is InChI=1S/C59H104O6/c1-4-7-10-13-16-19-22-25-28-30-32-34-37-40-43-46-49-52-58(61)64-55-56(54-63-57(60)51-48-45-42-39-36-33-27-24-21-18-15-12-9-6-3)65-59(62)53-50-47-44-41-38-35-31-29-26-23-20-17-14-11-8-5-2/h16,19,25,28,32-34,36,40,43,56H,4-15,17-18,20-24,26-27,29-31,35,37-39,41-42,44-55H2,1-3H3/b19-16-,28-25-,34-32-,36-33-,43-40-. The minimum Gasteiger partial charge on any atom is -0.462 e. The van der Waals surface area contributed by atoms with Gasteiger partial charge in [0.15, 0.2) is 6.10 Å². The van der Waals surface area contributed by atoms with E-state index in [9.17, 15) is 14.4 Å². The van der Waals surface area contributed by atoms with Gasteiger partial charge in [0.25, 0.3) is 0 Å². The van der Waals surface area contributed by atoms with Crippen molar-refractivity contribution in [3.8, 4) is 0 Å². The molecule has 65 heavy (non-hydrogen) atoms. The van der Waals surface area contributed by atoms with Crippen LogP contribution < -0.4 is 0 Å². The Hall–Kier alpha value is -2.89. The lowest BCUT2D eigenvalue weighted by atomic mass is 10.0. The zero-order valence-electron chi connectivity index (χ0n) is 43.0. The van der Waals surface area contributed by atoms with Crippen LogP contribution in [0.25, 0.3) is 0 Å². The van der Waals surface area contributed by atoms with Crippen molar-refractivity contribution in [2.45, 2.75) is 284 Å². The molecule has 0 aromatic heterocycles. The second-order valence-corrected chi connectivity index (χ2v) is 18.5. The molecule has 1 unspecified atom stereocenters. The number of allylic oxidation sites excluding steroid dienone is 10. The Balaban J connectivity index is 4.46. The molecule has 0 radical (unpaired) electrons. The van der Waals surface area contributed by atoms with Crippen molar-refractivity contribution in [3.63, 3.8) is 0 Å². The van der Waals surface area contributed by atoms with Crippen molar-refractivity contribution >= 4 is 17.9 Å². The highest BCUT2D eigenvalue weighted by Crippen LogP contribution is 2.15. The van der Waals surface area contributed by atoms with Crippen LogP contribution in [-0.2, 0) is 28.6 Å². The Bertz CT molecular complexity index is 1180. The van der Waals surface area contributed by atoms with Crippen LogP contribution in [0, 0.1) is 0 Å². The summed E-state index contributed by atoms with van der Waals surface area (Å²) in [4.78, 5) is 38.0. The molecule has 0 aromatic rings. The maximum absolute atomic E-state index is 12.8. The van der Waals surface area contributed by atoms with Crippen LogP contribution in [-0.4, -0.2) is 37.2 Å². The molecule has 0 saturated heterocycles. The minimum absolute atomic E-state index is 0.0969. The van der Waals surface area contributed by atoms with Crippen molar-refractivity contribution < 1.29 is 28.6 Å². The molecule has 6 nitrogen and oxygen atoms in total. The summed E-state index contributed by atoms with van der Waals surface area (Å²) in [5.41, 5.74) is 0. The Labute approximate surface area is 402 Å². The summed E-state index contributed by atoms with van der Waals surface area (Å²) in [6.07, 6.45) is 66.4. The number of unbranched alkanes of at least 4 members (excludes halogenated alkanes) is 29. The van der Waals surface area contributed by atoms with Crippen LogP contribution in [0.15, 0.2) is 60.8 Å². The summed E-state index contributed by atoms with van der Waals surface area (Å²) in [6.45, 7) is 6.57. The number of carbonyl (C=O) groups excluding carboxylic acids is 3. The fraction of sp³-hybridized carbons (Fsp3) is 0.780. The van der Waals surface area contributed by atoms with Crippen LogP contribution in [0.1, 0.15) is 278 Å². The van der Waals surface area contributed by atoms with Gasteiger partial charge >= 0.3 is 17.9 Å². The molecule has 376 valence electrons. The molecule has 0 spiro atoms. The van der Waals surface area contributed by atoms with Crippen molar-refractivity contribution in [1.29, 1.82) is 0 Å². The highest BCUT2D eigenvalue weighted by atomic mass is 16.6. The van der Waals surface area contributed by atoms with E-state index < -0.39 is 6.10 Å². The van der Waals surface area contributed by atoms with Gasteiger partial charge in [0, 0.05) is 19.3 Å². The molecular weight excluding hydrogens is 805 g/mol. The van der Waals surface area contributed by atoms with E-state index in [2.05, 4.69) is 81.5 Å². The SMILES string of the molecule is CCCCC/C=C\C/C=C\C/C=C\C/C=C\CCCC(=O)OCC(COC(=O)CCCCC/C=C\CCCCCCCCC)OC(=O)CCCCCCCCCCCCCCCCCC. The third-order valence-electron chi connectivity index (χ3n) is 12.0. The van der Waals surface area contributed by atoms with Gasteiger partial charge in [-0.1, -0.05) is 236 Å². The van der Waals surface area contributed by atoms with E-state index in [4.69, 9.17) is 14.2 Å². The minimum atomic E-state index is -0.800. The van der Waals surface area contributed by atoms with Crippen molar-refractivity contribution in [3.05, 3.63) is 60.8 Å². The second-order valence-electron chi connectivity index (χ2n) is 18.5. The normalized spacial score (nSPS) is 12.5. The van der Waals surface area contributed by atoms with Crippen LogP contribution in [0.5, 0.6) is 0 Å². The van der Waals surface area contributed by atoms with Crippen LogP contribution in [0.4, 0.5) is 0 Å². The average Bonchev–Trinajstić information content (AvgIpc) is 3.30. The summed E-state index contributed by atoms with van der Waals surface area (Å²) < 4.78 is 16.8. The molecule has 0 bridgehead atoms. The summed E-state index contributed by atoms with van der Waals surface area (Å²) >= 11 is 0. The Morgan fingerprint density at radius 1 is 0.308 bits per heavy atom. The predicted molar refractivity (Wildman–Crippen MR) is 279 cm³/mol. The molecule has 1 atom stereocenters. The van der Waals surface area contributed by atoms with Gasteiger partial charge in [-0.2, -0.15) is 0 Å². The smallest absolute Gasteiger partial charge is 0.306 e. The molecule has 0 aliphatic carbocycles. The van der Waals surface area contributed by atoms with E-state index >= 15 is 0 Å². The zero-order chi connectivity index (χ0) is 47.2.